The first-order chi connectivity index (χ1) is 10.0. The Morgan fingerprint density at radius 2 is 1.67 bits per heavy atom. The third-order valence-electron chi connectivity index (χ3n) is 4.88. The van der Waals surface area contributed by atoms with Crippen molar-refractivity contribution in [2.75, 3.05) is 0 Å². The van der Waals surface area contributed by atoms with Crippen molar-refractivity contribution in [1.29, 1.82) is 0 Å². The van der Waals surface area contributed by atoms with E-state index >= 15 is 0 Å². The van der Waals surface area contributed by atoms with Gasteiger partial charge in [0.25, 0.3) is 0 Å². The number of hydrogen-bond donors (Lipinski definition) is 1. The van der Waals surface area contributed by atoms with Crippen molar-refractivity contribution in [3.05, 3.63) is 0 Å². The summed E-state index contributed by atoms with van der Waals surface area (Å²) in [5, 5.41) is 0. The molecule has 0 N–H and O–H groups in total. The van der Waals surface area contributed by atoms with Crippen LogP contribution < -0.4 is 0 Å². The van der Waals surface area contributed by atoms with Crippen molar-refractivity contribution in [3.63, 3.8) is 0 Å². The van der Waals surface area contributed by atoms with Crippen LogP contribution in [0.15, 0.2) is 0 Å². The van der Waals surface area contributed by atoms with Gasteiger partial charge in [0.2, 0.25) is 0 Å². The van der Waals surface area contributed by atoms with E-state index in [9.17, 15) is 4.79 Å². The molecule has 0 aromatic carbocycles. The van der Waals surface area contributed by atoms with E-state index in [1.807, 2.05) is 6.92 Å². The van der Waals surface area contributed by atoms with Crippen LogP contribution in [-0.4, -0.2) is 23.6 Å². The fraction of sp³-hybridized carbons (Fsp3) is 0.941. The van der Waals surface area contributed by atoms with Gasteiger partial charge in [-0.3, -0.25) is 4.79 Å². The molecule has 0 saturated heterocycles. The maximum Gasteiger partial charge on any atom is 0.309 e. The van der Waals surface area contributed by atoms with E-state index in [0.29, 0.717) is 0 Å². The fourth-order valence-electron chi connectivity index (χ4n) is 3.53. The first-order valence-corrected chi connectivity index (χ1v) is 9.10. The third-order valence-corrected chi connectivity index (χ3v) is 5.01. The van der Waals surface area contributed by atoms with Crippen LogP contribution in [0.25, 0.3) is 0 Å². The van der Waals surface area contributed by atoms with Crippen molar-refractivity contribution >= 4 is 18.6 Å². The molecule has 0 aromatic rings. The summed E-state index contributed by atoms with van der Waals surface area (Å²) in [5.74, 6) is 0.904. The molecule has 0 aliphatic heterocycles. The van der Waals surface area contributed by atoms with Gasteiger partial charge in [-0.25, -0.2) is 0 Å². The SMILES string of the molecule is CC1CCC(OC(=O)C2CCCC(OC(C)S)CC2)CC1. The molecular weight excluding hydrogens is 284 g/mol. The van der Waals surface area contributed by atoms with E-state index in [0.717, 1.165) is 50.9 Å². The zero-order valence-electron chi connectivity index (χ0n) is 13.4. The first kappa shape index (κ1) is 17.1. The highest BCUT2D eigenvalue weighted by molar-refractivity contribution is 7.80. The average molecular weight is 314 g/mol. The molecular formula is C17H30O3S. The quantitative estimate of drug-likeness (QED) is 0.363. The van der Waals surface area contributed by atoms with Gasteiger partial charge in [-0.15, -0.1) is 12.6 Å². The van der Waals surface area contributed by atoms with Gasteiger partial charge in [-0.1, -0.05) is 13.3 Å². The Morgan fingerprint density at radius 3 is 2.33 bits per heavy atom. The summed E-state index contributed by atoms with van der Waals surface area (Å²) < 4.78 is 11.5. The van der Waals surface area contributed by atoms with E-state index in [1.54, 1.807) is 0 Å². The lowest BCUT2D eigenvalue weighted by Crippen LogP contribution is -2.27. The van der Waals surface area contributed by atoms with Crippen LogP contribution in [0.4, 0.5) is 0 Å². The molecule has 2 rings (SSSR count). The summed E-state index contributed by atoms with van der Waals surface area (Å²) in [6.07, 6.45) is 9.78. The average Bonchev–Trinajstić information content (AvgIpc) is 2.66. The topological polar surface area (TPSA) is 35.5 Å². The van der Waals surface area contributed by atoms with Crippen molar-refractivity contribution in [2.45, 2.75) is 89.3 Å². The van der Waals surface area contributed by atoms with E-state index in [2.05, 4.69) is 19.6 Å². The van der Waals surface area contributed by atoms with Gasteiger partial charge in [-0.2, -0.15) is 0 Å². The number of carbonyl (C=O) groups excluding carboxylic acids is 1. The fourth-order valence-corrected chi connectivity index (χ4v) is 3.70. The lowest BCUT2D eigenvalue weighted by molar-refractivity contribution is -0.156. The van der Waals surface area contributed by atoms with Crippen LogP contribution in [0.3, 0.4) is 0 Å². The molecule has 0 spiro atoms. The second kappa shape index (κ2) is 8.42. The van der Waals surface area contributed by atoms with Gasteiger partial charge < -0.3 is 9.47 Å². The van der Waals surface area contributed by atoms with Crippen LogP contribution in [-0.2, 0) is 14.3 Å². The zero-order chi connectivity index (χ0) is 15.2. The normalized spacial score (nSPS) is 35.8. The highest BCUT2D eigenvalue weighted by Gasteiger charge is 2.29. The molecule has 2 aliphatic carbocycles. The summed E-state index contributed by atoms with van der Waals surface area (Å²) in [4.78, 5) is 12.4. The van der Waals surface area contributed by atoms with Gasteiger partial charge in [-0.05, 0) is 64.2 Å². The minimum atomic E-state index is -0.0253. The van der Waals surface area contributed by atoms with Gasteiger partial charge >= 0.3 is 5.97 Å². The molecule has 3 unspecified atom stereocenters. The van der Waals surface area contributed by atoms with Gasteiger partial charge in [0, 0.05) is 0 Å². The van der Waals surface area contributed by atoms with Crippen LogP contribution >= 0.6 is 12.6 Å². The first-order valence-electron chi connectivity index (χ1n) is 8.58. The molecule has 2 fully saturated rings. The number of esters is 1. The molecule has 3 nitrogen and oxygen atoms in total. The van der Waals surface area contributed by atoms with Crippen LogP contribution in [0.5, 0.6) is 0 Å². The minimum Gasteiger partial charge on any atom is -0.462 e. The van der Waals surface area contributed by atoms with Gasteiger partial charge in [0.1, 0.15) is 6.10 Å². The van der Waals surface area contributed by atoms with Crippen molar-refractivity contribution in [2.24, 2.45) is 11.8 Å². The molecule has 2 saturated carbocycles. The second-order valence-corrected chi connectivity index (χ2v) is 7.61. The Hall–Kier alpha value is -0.220. The standard InChI is InChI=1S/C17H30O3S/c1-12-6-9-16(10-7-12)20-17(18)14-4-3-5-15(11-8-14)19-13(2)21/h12-16,21H,3-11H2,1-2H3. The van der Waals surface area contributed by atoms with Crippen LogP contribution in [0.1, 0.15) is 71.6 Å². The highest BCUT2D eigenvalue weighted by Crippen LogP contribution is 2.30. The van der Waals surface area contributed by atoms with Crippen LogP contribution in [0, 0.1) is 11.8 Å². The molecule has 0 bridgehead atoms. The second-order valence-electron chi connectivity index (χ2n) is 6.88. The lowest BCUT2D eigenvalue weighted by atomic mass is 9.89. The minimum absolute atomic E-state index is 0.0253. The molecule has 122 valence electrons. The Balaban J connectivity index is 1.75. The summed E-state index contributed by atoms with van der Waals surface area (Å²) in [6, 6.07) is 0. The molecule has 3 atom stereocenters. The van der Waals surface area contributed by atoms with Crippen LogP contribution in [0.2, 0.25) is 0 Å². The molecule has 4 heteroatoms. The highest BCUT2D eigenvalue weighted by atomic mass is 32.1. The molecule has 2 aliphatic rings. The summed E-state index contributed by atoms with van der Waals surface area (Å²) in [7, 11) is 0. The molecule has 0 aromatic heterocycles. The number of rotatable bonds is 4. The Bertz CT molecular complexity index is 324. The molecule has 0 amide bonds. The smallest absolute Gasteiger partial charge is 0.309 e. The van der Waals surface area contributed by atoms with E-state index in [4.69, 9.17) is 9.47 Å². The van der Waals surface area contributed by atoms with E-state index in [-0.39, 0.29) is 29.5 Å². The van der Waals surface area contributed by atoms with Crippen molar-refractivity contribution in [1.82, 2.24) is 0 Å². The van der Waals surface area contributed by atoms with E-state index in [1.165, 1.54) is 12.8 Å². The van der Waals surface area contributed by atoms with E-state index < -0.39 is 0 Å². The van der Waals surface area contributed by atoms with Gasteiger partial charge in [0.15, 0.2) is 0 Å². The largest absolute Gasteiger partial charge is 0.462 e. The number of hydrogen-bond acceptors (Lipinski definition) is 4. The number of carbonyl (C=O) groups is 1. The van der Waals surface area contributed by atoms with Crippen molar-refractivity contribution in [3.8, 4) is 0 Å². The number of thiol groups is 1. The molecule has 0 heterocycles. The predicted molar refractivity (Wildman–Crippen MR) is 87.4 cm³/mol. The lowest BCUT2D eigenvalue weighted by Gasteiger charge is -2.27. The van der Waals surface area contributed by atoms with Crippen molar-refractivity contribution < 1.29 is 14.3 Å². The predicted octanol–water partition coefficient (Wildman–Crippen LogP) is 4.35. The van der Waals surface area contributed by atoms with Gasteiger partial charge in [0.05, 0.1) is 17.5 Å². The zero-order valence-corrected chi connectivity index (χ0v) is 14.3. The Morgan fingerprint density at radius 1 is 1.00 bits per heavy atom. The Labute approximate surface area is 134 Å². The maximum atomic E-state index is 12.4. The summed E-state index contributed by atoms with van der Waals surface area (Å²) >= 11 is 4.29. The molecule has 21 heavy (non-hydrogen) atoms. The monoisotopic (exact) mass is 314 g/mol. The number of ether oxygens (including phenoxy) is 2. The molecule has 0 radical (unpaired) electrons. The Kier molecular flexibility index (Phi) is 6.87. The summed E-state index contributed by atoms with van der Waals surface area (Å²) in [5.41, 5.74) is -0.0253. The third kappa shape index (κ3) is 5.82. The maximum absolute atomic E-state index is 12.4. The summed E-state index contributed by atoms with van der Waals surface area (Å²) in [6.45, 7) is 4.23.